The number of anilines is 1. The summed E-state index contributed by atoms with van der Waals surface area (Å²) in [6, 6.07) is 2.08. The van der Waals surface area contributed by atoms with Gasteiger partial charge in [-0.25, -0.2) is 4.98 Å². The zero-order valence-corrected chi connectivity index (χ0v) is 11.7. The van der Waals surface area contributed by atoms with Crippen LogP contribution in [0.25, 0.3) is 0 Å². The van der Waals surface area contributed by atoms with Crippen LogP contribution in [0.15, 0.2) is 18.5 Å². The normalized spacial score (nSPS) is 10.8. The van der Waals surface area contributed by atoms with E-state index in [4.69, 9.17) is 4.74 Å². The third-order valence-corrected chi connectivity index (χ3v) is 2.65. The Kier molecular flexibility index (Phi) is 3.99. The first-order valence-corrected chi connectivity index (χ1v) is 6.40. The second-order valence-electron chi connectivity index (χ2n) is 4.46. The van der Waals surface area contributed by atoms with Crippen LogP contribution < -0.4 is 10.1 Å². The minimum atomic E-state index is 0.307. The van der Waals surface area contributed by atoms with Gasteiger partial charge in [-0.1, -0.05) is 6.92 Å². The summed E-state index contributed by atoms with van der Waals surface area (Å²) in [6.45, 7) is 6.14. The van der Waals surface area contributed by atoms with Crippen LogP contribution in [-0.2, 0) is 6.42 Å². The van der Waals surface area contributed by atoms with Gasteiger partial charge in [-0.2, -0.15) is 10.1 Å². The Morgan fingerprint density at radius 1 is 1.37 bits per heavy atom. The van der Waals surface area contributed by atoms with Gasteiger partial charge in [0.1, 0.15) is 11.6 Å². The molecule has 0 amide bonds. The highest BCUT2D eigenvalue weighted by Crippen LogP contribution is 2.22. The fourth-order valence-corrected chi connectivity index (χ4v) is 1.59. The number of aromatic nitrogens is 4. The van der Waals surface area contributed by atoms with E-state index in [1.165, 1.54) is 0 Å². The van der Waals surface area contributed by atoms with Gasteiger partial charge in [0, 0.05) is 25.6 Å². The van der Waals surface area contributed by atoms with Gasteiger partial charge in [0.2, 0.25) is 5.88 Å². The summed E-state index contributed by atoms with van der Waals surface area (Å²) in [7, 11) is 1.82. The number of rotatable bonds is 5. The lowest BCUT2D eigenvalue weighted by Gasteiger charge is -2.07. The predicted octanol–water partition coefficient (Wildman–Crippen LogP) is 2.65. The molecule has 0 unspecified atom stereocenters. The molecule has 1 N–H and O–H groups in total. The number of aryl methyl sites for hydroxylation is 1. The number of ether oxygens (including phenoxy) is 1. The lowest BCUT2D eigenvalue weighted by atomic mass is 10.4. The van der Waals surface area contributed by atoms with Crippen molar-refractivity contribution in [3.05, 3.63) is 24.3 Å². The summed E-state index contributed by atoms with van der Waals surface area (Å²) < 4.78 is 7.56. The fraction of sp³-hybridized carbons (Fsp3) is 0.462. The standard InChI is InChI=1S/C13H19N5O/c1-5-11-16-12(14-4)6-13(17-11)19-10-7-15-18(8-10)9(2)3/h6-9H,5H2,1-4H3,(H,14,16,17). The maximum Gasteiger partial charge on any atom is 0.224 e. The lowest BCUT2D eigenvalue weighted by Crippen LogP contribution is -2.01. The van der Waals surface area contributed by atoms with E-state index in [9.17, 15) is 0 Å². The van der Waals surface area contributed by atoms with Crippen LogP contribution in [0.2, 0.25) is 0 Å². The van der Waals surface area contributed by atoms with Gasteiger partial charge in [-0.3, -0.25) is 4.68 Å². The highest BCUT2D eigenvalue weighted by molar-refractivity contribution is 5.39. The van der Waals surface area contributed by atoms with E-state index in [2.05, 4.69) is 34.2 Å². The Morgan fingerprint density at radius 2 is 2.16 bits per heavy atom. The first-order valence-electron chi connectivity index (χ1n) is 6.40. The van der Waals surface area contributed by atoms with E-state index in [1.807, 2.05) is 24.9 Å². The average molecular weight is 261 g/mol. The molecule has 0 aliphatic heterocycles. The maximum absolute atomic E-state index is 5.72. The molecule has 0 aliphatic rings. The molecule has 2 rings (SSSR count). The van der Waals surface area contributed by atoms with Crippen LogP contribution in [0.1, 0.15) is 32.6 Å². The second kappa shape index (κ2) is 5.69. The Hall–Kier alpha value is -2.11. The quantitative estimate of drug-likeness (QED) is 0.896. The minimum Gasteiger partial charge on any atom is -0.436 e. The molecule has 2 aromatic heterocycles. The summed E-state index contributed by atoms with van der Waals surface area (Å²) >= 11 is 0. The van der Waals surface area contributed by atoms with E-state index in [0.29, 0.717) is 17.7 Å². The molecule has 6 nitrogen and oxygen atoms in total. The van der Waals surface area contributed by atoms with Gasteiger partial charge in [-0.05, 0) is 13.8 Å². The van der Waals surface area contributed by atoms with Crippen molar-refractivity contribution in [2.24, 2.45) is 0 Å². The Labute approximate surface area is 112 Å². The summed E-state index contributed by atoms with van der Waals surface area (Å²) in [5.41, 5.74) is 0. The molecule has 19 heavy (non-hydrogen) atoms. The van der Waals surface area contributed by atoms with E-state index in [-0.39, 0.29) is 0 Å². The predicted molar refractivity (Wildman–Crippen MR) is 73.6 cm³/mol. The van der Waals surface area contributed by atoms with Crippen LogP contribution in [-0.4, -0.2) is 26.8 Å². The summed E-state index contributed by atoms with van der Waals surface area (Å²) in [4.78, 5) is 8.66. The van der Waals surface area contributed by atoms with Gasteiger partial charge in [0.15, 0.2) is 5.75 Å². The van der Waals surface area contributed by atoms with Crippen LogP contribution >= 0.6 is 0 Å². The summed E-state index contributed by atoms with van der Waals surface area (Å²) in [6.07, 6.45) is 4.31. The topological polar surface area (TPSA) is 64.9 Å². The van der Waals surface area contributed by atoms with E-state index in [0.717, 1.165) is 18.1 Å². The lowest BCUT2D eigenvalue weighted by molar-refractivity contribution is 0.455. The largest absolute Gasteiger partial charge is 0.436 e. The molecule has 0 aromatic carbocycles. The fourth-order valence-electron chi connectivity index (χ4n) is 1.59. The van der Waals surface area contributed by atoms with E-state index in [1.54, 1.807) is 12.3 Å². The number of hydrogen-bond acceptors (Lipinski definition) is 5. The third-order valence-electron chi connectivity index (χ3n) is 2.65. The van der Waals surface area contributed by atoms with Gasteiger partial charge in [0.05, 0.1) is 12.4 Å². The van der Waals surface area contributed by atoms with Gasteiger partial charge >= 0.3 is 0 Å². The summed E-state index contributed by atoms with van der Waals surface area (Å²) in [5.74, 6) is 2.70. The SMILES string of the molecule is CCc1nc(NC)cc(Oc2cnn(C(C)C)c2)n1. The Bertz CT molecular complexity index is 527. The van der Waals surface area contributed by atoms with E-state index < -0.39 is 0 Å². The van der Waals surface area contributed by atoms with Crippen LogP contribution in [0.4, 0.5) is 5.82 Å². The van der Waals surface area contributed by atoms with Crippen molar-refractivity contribution in [1.82, 2.24) is 19.7 Å². The number of nitrogens with one attached hydrogen (secondary N) is 1. The van der Waals surface area contributed by atoms with Gasteiger partial charge in [0.25, 0.3) is 0 Å². The van der Waals surface area contributed by atoms with Crippen molar-refractivity contribution in [1.29, 1.82) is 0 Å². The molecule has 0 atom stereocenters. The molecule has 0 saturated heterocycles. The highest BCUT2D eigenvalue weighted by atomic mass is 16.5. The van der Waals surface area contributed by atoms with Crippen molar-refractivity contribution >= 4 is 5.82 Å². The zero-order valence-electron chi connectivity index (χ0n) is 11.7. The maximum atomic E-state index is 5.72. The Balaban J connectivity index is 2.21. The van der Waals surface area contributed by atoms with Crippen molar-refractivity contribution in [3.8, 4) is 11.6 Å². The monoisotopic (exact) mass is 261 g/mol. The summed E-state index contributed by atoms with van der Waals surface area (Å²) in [5, 5.41) is 7.23. The molecule has 0 fully saturated rings. The Morgan fingerprint density at radius 3 is 2.74 bits per heavy atom. The molecule has 0 spiro atoms. The molecule has 6 heteroatoms. The molecular formula is C13H19N5O. The molecule has 0 aliphatic carbocycles. The first-order chi connectivity index (χ1) is 9.12. The van der Waals surface area contributed by atoms with Crippen molar-refractivity contribution in [3.63, 3.8) is 0 Å². The van der Waals surface area contributed by atoms with Gasteiger partial charge in [-0.15, -0.1) is 0 Å². The number of nitrogens with zero attached hydrogens (tertiary/aromatic N) is 4. The molecule has 2 heterocycles. The second-order valence-corrected chi connectivity index (χ2v) is 4.46. The van der Waals surface area contributed by atoms with Crippen LogP contribution in [0.3, 0.4) is 0 Å². The van der Waals surface area contributed by atoms with Crippen molar-refractivity contribution in [2.75, 3.05) is 12.4 Å². The molecule has 2 aromatic rings. The third kappa shape index (κ3) is 3.21. The zero-order chi connectivity index (χ0) is 13.8. The minimum absolute atomic E-state index is 0.307. The van der Waals surface area contributed by atoms with Crippen molar-refractivity contribution in [2.45, 2.75) is 33.2 Å². The molecule has 102 valence electrons. The smallest absolute Gasteiger partial charge is 0.224 e. The van der Waals surface area contributed by atoms with E-state index >= 15 is 0 Å². The average Bonchev–Trinajstić information content (AvgIpc) is 2.87. The van der Waals surface area contributed by atoms with Crippen molar-refractivity contribution < 1.29 is 4.74 Å². The van der Waals surface area contributed by atoms with Crippen LogP contribution in [0, 0.1) is 0 Å². The molecule has 0 saturated carbocycles. The van der Waals surface area contributed by atoms with Gasteiger partial charge < -0.3 is 10.1 Å². The molecule has 0 radical (unpaired) electrons. The number of hydrogen-bond donors (Lipinski definition) is 1. The highest BCUT2D eigenvalue weighted by Gasteiger charge is 2.07. The molecule has 0 bridgehead atoms. The van der Waals surface area contributed by atoms with Crippen LogP contribution in [0.5, 0.6) is 11.6 Å². The first kappa shape index (κ1) is 13.3. The molecular weight excluding hydrogens is 242 g/mol.